The quantitative estimate of drug-likeness (QED) is 0.683. The minimum atomic E-state index is 0.273. The van der Waals surface area contributed by atoms with Crippen LogP contribution in [0.3, 0.4) is 0 Å². The predicted octanol–water partition coefficient (Wildman–Crippen LogP) is 2.57. The molecule has 114 valence electrons. The molecule has 1 saturated heterocycles. The van der Waals surface area contributed by atoms with Gasteiger partial charge in [-0.05, 0) is 59.7 Å². The van der Waals surface area contributed by atoms with Crippen LogP contribution < -0.4 is 5.32 Å². The molecule has 0 saturated carbocycles. The van der Waals surface area contributed by atoms with E-state index in [-0.39, 0.29) is 5.54 Å². The summed E-state index contributed by atoms with van der Waals surface area (Å²) in [6.07, 6.45) is 5.33. The van der Waals surface area contributed by atoms with E-state index >= 15 is 0 Å². The summed E-state index contributed by atoms with van der Waals surface area (Å²) in [5.41, 5.74) is 0.273. The second kappa shape index (κ2) is 8.93. The summed E-state index contributed by atoms with van der Waals surface area (Å²) in [6.45, 7) is 17.8. The van der Waals surface area contributed by atoms with Gasteiger partial charge in [0.2, 0.25) is 0 Å². The molecule has 1 aliphatic rings. The van der Waals surface area contributed by atoms with Gasteiger partial charge in [0.1, 0.15) is 0 Å². The van der Waals surface area contributed by atoms with E-state index in [1.165, 1.54) is 65.0 Å². The third-order valence-electron chi connectivity index (χ3n) is 3.81. The SMILES string of the molecule is CCCN1CCN(CCCCCNC(C)(C)C)CC1. The molecule has 19 heavy (non-hydrogen) atoms. The second-order valence-electron chi connectivity index (χ2n) is 6.92. The highest BCUT2D eigenvalue weighted by Gasteiger charge is 2.15. The van der Waals surface area contributed by atoms with Gasteiger partial charge >= 0.3 is 0 Å². The molecule has 1 N–H and O–H groups in total. The molecule has 0 aromatic carbocycles. The zero-order valence-electron chi connectivity index (χ0n) is 13.7. The van der Waals surface area contributed by atoms with Crippen molar-refractivity contribution >= 4 is 0 Å². The number of hydrogen-bond acceptors (Lipinski definition) is 3. The Morgan fingerprint density at radius 3 is 1.95 bits per heavy atom. The molecule has 3 nitrogen and oxygen atoms in total. The van der Waals surface area contributed by atoms with Gasteiger partial charge in [0.15, 0.2) is 0 Å². The van der Waals surface area contributed by atoms with E-state index in [1.54, 1.807) is 0 Å². The standard InChI is InChI=1S/C16H35N3/c1-5-10-18-12-14-19(15-13-18)11-8-6-7-9-17-16(2,3)4/h17H,5-15H2,1-4H3. The number of nitrogens with one attached hydrogen (secondary N) is 1. The first-order valence-corrected chi connectivity index (χ1v) is 8.21. The Morgan fingerprint density at radius 1 is 0.842 bits per heavy atom. The molecule has 0 aromatic rings. The van der Waals surface area contributed by atoms with Crippen LogP contribution >= 0.6 is 0 Å². The monoisotopic (exact) mass is 269 g/mol. The van der Waals surface area contributed by atoms with Crippen LogP contribution in [0.25, 0.3) is 0 Å². The highest BCUT2D eigenvalue weighted by molar-refractivity contribution is 4.72. The van der Waals surface area contributed by atoms with Crippen LogP contribution in [0.1, 0.15) is 53.4 Å². The van der Waals surface area contributed by atoms with E-state index in [9.17, 15) is 0 Å². The number of nitrogens with zero attached hydrogens (tertiary/aromatic N) is 2. The molecule has 0 atom stereocenters. The molecule has 0 spiro atoms. The third-order valence-corrected chi connectivity index (χ3v) is 3.81. The summed E-state index contributed by atoms with van der Waals surface area (Å²) in [6, 6.07) is 0. The van der Waals surface area contributed by atoms with E-state index < -0.39 is 0 Å². The Kier molecular flexibility index (Phi) is 7.96. The smallest absolute Gasteiger partial charge is 0.0110 e. The van der Waals surface area contributed by atoms with Gasteiger partial charge in [0, 0.05) is 31.7 Å². The van der Waals surface area contributed by atoms with Gasteiger partial charge in [-0.15, -0.1) is 0 Å². The molecule has 1 aliphatic heterocycles. The lowest BCUT2D eigenvalue weighted by Crippen LogP contribution is -2.46. The molecule has 3 heteroatoms. The van der Waals surface area contributed by atoms with Crippen molar-refractivity contribution in [3.8, 4) is 0 Å². The van der Waals surface area contributed by atoms with Crippen LogP contribution in [0.2, 0.25) is 0 Å². The van der Waals surface area contributed by atoms with Crippen LogP contribution in [-0.4, -0.2) is 61.2 Å². The molecule has 0 amide bonds. The fourth-order valence-corrected chi connectivity index (χ4v) is 2.65. The Balaban J connectivity index is 1.94. The van der Waals surface area contributed by atoms with Crippen LogP contribution in [-0.2, 0) is 0 Å². The Hall–Kier alpha value is -0.120. The maximum Gasteiger partial charge on any atom is 0.0110 e. The van der Waals surface area contributed by atoms with Crippen molar-refractivity contribution in [1.29, 1.82) is 0 Å². The molecule has 0 aromatic heterocycles. The van der Waals surface area contributed by atoms with Crippen molar-refractivity contribution in [2.24, 2.45) is 0 Å². The first-order chi connectivity index (χ1) is 9.01. The normalized spacial score (nSPS) is 18.9. The van der Waals surface area contributed by atoms with Crippen molar-refractivity contribution < 1.29 is 0 Å². The number of hydrogen-bond donors (Lipinski definition) is 1. The van der Waals surface area contributed by atoms with Gasteiger partial charge in [0.05, 0.1) is 0 Å². The predicted molar refractivity (Wildman–Crippen MR) is 84.8 cm³/mol. The van der Waals surface area contributed by atoms with Gasteiger partial charge < -0.3 is 15.1 Å². The number of piperazine rings is 1. The largest absolute Gasteiger partial charge is 0.312 e. The van der Waals surface area contributed by atoms with Crippen LogP contribution in [0.15, 0.2) is 0 Å². The van der Waals surface area contributed by atoms with Gasteiger partial charge in [-0.25, -0.2) is 0 Å². The maximum absolute atomic E-state index is 3.56. The molecular weight excluding hydrogens is 234 g/mol. The van der Waals surface area contributed by atoms with Crippen LogP contribution in [0.4, 0.5) is 0 Å². The summed E-state index contributed by atoms with van der Waals surface area (Å²) in [4.78, 5) is 5.24. The van der Waals surface area contributed by atoms with E-state index in [0.717, 1.165) is 6.54 Å². The van der Waals surface area contributed by atoms with Gasteiger partial charge in [-0.3, -0.25) is 0 Å². The minimum Gasteiger partial charge on any atom is -0.312 e. The van der Waals surface area contributed by atoms with E-state index in [4.69, 9.17) is 0 Å². The zero-order chi connectivity index (χ0) is 14.1. The van der Waals surface area contributed by atoms with Crippen molar-refractivity contribution in [2.75, 3.05) is 45.8 Å². The lowest BCUT2D eigenvalue weighted by molar-refractivity contribution is 0.131. The van der Waals surface area contributed by atoms with Crippen molar-refractivity contribution in [3.63, 3.8) is 0 Å². The molecular formula is C16H35N3. The maximum atomic E-state index is 3.56. The van der Waals surface area contributed by atoms with Crippen LogP contribution in [0, 0.1) is 0 Å². The Labute approximate surface area is 120 Å². The average molecular weight is 269 g/mol. The van der Waals surface area contributed by atoms with Gasteiger partial charge in [-0.1, -0.05) is 13.3 Å². The molecule has 1 heterocycles. The average Bonchev–Trinajstić information content (AvgIpc) is 2.35. The summed E-state index contributed by atoms with van der Waals surface area (Å²) >= 11 is 0. The molecule has 1 fully saturated rings. The highest BCUT2D eigenvalue weighted by atomic mass is 15.3. The molecule has 0 bridgehead atoms. The number of rotatable bonds is 8. The molecule has 0 radical (unpaired) electrons. The van der Waals surface area contributed by atoms with Gasteiger partial charge in [0.25, 0.3) is 0 Å². The number of unbranched alkanes of at least 4 members (excludes halogenated alkanes) is 2. The second-order valence-corrected chi connectivity index (χ2v) is 6.92. The summed E-state index contributed by atoms with van der Waals surface area (Å²) in [7, 11) is 0. The van der Waals surface area contributed by atoms with Crippen molar-refractivity contribution in [1.82, 2.24) is 15.1 Å². The fourth-order valence-electron chi connectivity index (χ4n) is 2.65. The van der Waals surface area contributed by atoms with Gasteiger partial charge in [-0.2, -0.15) is 0 Å². The van der Waals surface area contributed by atoms with Crippen LogP contribution in [0.5, 0.6) is 0 Å². The first-order valence-electron chi connectivity index (χ1n) is 8.21. The first kappa shape index (κ1) is 16.9. The van der Waals surface area contributed by atoms with E-state index in [0.29, 0.717) is 0 Å². The van der Waals surface area contributed by atoms with E-state index in [1.807, 2.05) is 0 Å². The topological polar surface area (TPSA) is 18.5 Å². The summed E-state index contributed by atoms with van der Waals surface area (Å²) in [5.74, 6) is 0. The zero-order valence-corrected chi connectivity index (χ0v) is 13.7. The fraction of sp³-hybridized carbons (Fsp3) is 1.00. The highest BCUT2D eigenvalue weighted by Crippen LogP contribution is 2.05. The Morgan fingerprint density at radius 2 is 1.42 bits per heavy atom. The molecule has 0 unspecified atom stereocenters. The van der Waals surface area contributed by atoms with Crippen molar-refractivity contribution in [2.45, 2.75) is 58.9 Å². The molecule has 0 aliphatic carbocycles. The lowest BCUT2D eigenvalue weighted by Gasteiger charge is -2.34. The Bertz CT molecular complexity index is 215. The van der Waals surface area contributed by atoms with Crippen molar-refractivity contribution in [3.05, 3.63) is 0 Å². The lowest BCUT2D eigenvalue weighted by atomic mass is 10.1. The van der Waals surface area contributed by atoms with E-state index in [2.05, 4.69) is 42.8 Å². The summed E-state index contributed by atoms with van der Waals surface area (Å²) in [5, 5.41) is 3.56. The summed E-state index contributed by atoms with van der Waals surface area (Å²) < 4.78 is 0. The molecule has 1 rings (SSSR count). The third kappa shape index (κ3) is 8.61. The minimum absolute atomic E-state index is 0.273.